The molecule has 0 amide bonds. The first-order chi connectivity index (χ1) is 7.90. The van der Waals surface area contributed by atoms with Crippen molar-refractivity contribution in [1.82, 2.24) is 9.88 Å². The van der Waals surface area contributed by atoms with E-state index in [1.807, 2.05) is 12.3 Å². The number of ether oxygens (including phenoxy) is 1. The fraction of sp³-hybridized carbons (Fsp3) is 0.583. The second-order valence-electron chi connectivity index (χ2n) is 4.06. The lowest BCUT2D eigenvalue weighted by molar-refractivity contribution is -0.0267. The summed E-state index contributed by atoms with van der Waals surface area (Å²) in [7, 11) is 0. The van der Waals surface area contributed by atoms with Crippen LogP contribution in [-0.2, 0) is 11.2 Å². The molecule has 1 aliphatic heterocycles. The largest absolute Gasteiger partial charge is 0.395 e. The predicted molar refractivity (Wildman–Crippen MR) is 61.2 cm³/mol. The third-order valence-electron chi connectivity index (χ3n) is 2.97. The van der Waals surface area contributed by atoms with Crippen LogP contribution < -0.4 is 0 Å². The number of hydrogen-bond acceptors (Lipinski definition) is 4. The van der Waals surface area contributed by atoms with Crippen LogP contribution in [0.15, 0.2) is 24.5 Å². The third-order valence-corrected chi connectivity index (χ3v) is 2.97. The molecule has 0 aromatic carbocycles. The van der Waals surface area contributed by atoms with Gasteiger partial charge in [-0.15, -0.1) is 0 Å². The van der Waals surface area contributed by atoms with Crippen molar-refractivity contribution < 1.29 is 9.84 Å². The van der Waals surface area contributed by atoms with Crippen LogP contribution in [0.1, 0.15) is 5.56 Å². The number of aromatic nitrogens is 1. The lowest BCUT2D eigenvalue weighted by atomic mass is 10.1. The highest BCUT2D eigenvalue weighted by molar-refractivity contribution is 5.08. The SMILES string of the molecule is OCC1COCCN1CCc1cccnc1. The van der Waals surface area contributed by atoms with E-state index in [-0.39, 0.29) is 12.6 Å². The summed E-state index contributed by atoms with van der Waals surface area (Å²) < 4.78 is 5.34. The van der Waals surface area contributed by atoms with E-state index in [9.17, 15) is 5.11 Å². The van der Waals surface area contributed by atoms with Gasteiger partial charge in [-0.1, -0.05) is 6.07 Å². The average Bonchev–Trinajstić information content (AvgIpc) is 2.38. The van der Waals surface area contributed by atoms with Crippen molar-refractivity contribution in [2.45, 2.75) is 12.5 Å². The summed E-state index contributed by atoms with van der Waals surface area (Å²) in [5.41, 5.74) is 1.24. The van der Waals surface area contributed by atoms with Gasteiger partial charge in [0.05, 0.1) is 25.9 Å². The zero-order valence-corrected chi connectivity index (χ0v) is 9.38. The minimum absolute atomic E-state index is 0.158. The van der Waals surface area contributed by atoms with Crippen molar-refractivity contribution in [1.29, 1.82) is 0 Å². The first-order valence-electron chi connectivity index (χ1n) is 5.71. The van der Waals surface area contributed by atoms with Gasteiger partial charge in [-0.2, -0.15) is 0 Å². The van der Waals surface area contributed by atoms with E-state index in [0.717, 1.165) is 26.1 Å². The molecule has 1 N–H and O–H groups in total. The van der Waals surface area contributed by atoms with Gasteiger partial charge in [0.25, 0.3) is 0 Å². The standard InChI is InChI=1S/C12H18N2O2/c15-9-12-10-16-7-6-14(12)5-3-11-2-1-4-13-8-11/h1-2,4,8,12,15H,3,5-7,9-10H2. The van der Waals surface area contributed by atoms with Crippen LogP contribution in [0.2, 0.25) is 0 Å². The summed E-state index contributed by atoms with van der Waals surface area (Å²) in [5, 5.41) is 9.22. The smallest absolute Gasteiger partial charge is 0.0644 e. The molecule has 2 heterocycles. The Morgan fingerprint density at radius 2 is 2.50 bits per heavy atom. The van der Waals surface area contributed by atoms with Gasteiger partial charge in [0.2, 0.25) is 0 Å². The van der Waals surface area contributed by atoms with Gasteiger partial charge in [-0.05, 0) is 18.1 Å². The number of rotatable bonds is 4. The van der Waals surface area contributed by atoms with Crippen LogP contribution in [0, 0.1) is 0 Å². The van der Waals surface area contributed by atoms with Gasteiger partial charge < -0.3 is 9.84 Å². The molecule has 0 bridgehead atoms. The normalized spacial score (nSPS) is 22.2. The van der Waals surface area contributed by atoms with Gasteiger partial charge in [-0.3, -0.25) is 9.88 Å². The molecule has 0 spiro atoms. The summed E-state index contributed by atoms with van der Waals surface area (Å²) in [6.07, 6.45) is 4.66. The summed E-state index contributed by atoms with van der Waals surface area (Å²) in [6, 6.07) is 4.20. The maximum atomic E-state index is 9.22. The maximum Gasteiger partial charge on any atom is 0.0644 e. The highest BCUT2D eigenvalue weighted by Gasteiger charge is 2.21. The zero-order valence-electron chi connectivity index (χ0n) is 9.38. The first kappa shape index (κ1) is 11.5. The molecule has 0 radical (unpaired) electrons. The quantitative estimate of drug-likeness (QED) is 0.797. The first-order valence-corrected chi connectivity index (χ1v) is 5.71. The lowest BCUT2D eigenvalue weighted by Crippen LogP contribution is -2.48. The highest BCUT2D eigenvalue weighted by atomic mass is 16.5. The molecule has 1 aromatic rings. The van der Waals surface area contributed by atoms with Crippen molar-refractivity contribution >= 4 is 0 Å². The molecule has 1 saturated heterocycles. The van der Waals surface area contributed by atoms with E-state index in [0.29, 0.717) is 6.61 Å². The molecule has 1 atom stereocenters. The number of nitrogens with zero attached hydrogens (tertiary/aromatic N) is 2. The Kier molecular flexibility index (Phi) is 4.27. The topological polar surface area (TPSA) is 45.6 Å². The number of pyridine rings is 1. The monoisotopic (exact) mass is 222 g/mol. The molecular weight excluding hydrogens is 204 g/mol. The molecule has 4 nitrogen and oxygen atoms in total. The van der Waals surface area contributed by atoms with Crippen molar-refractivity contribution in [3.8, 4) is 0 Å². The molecule has 1 aliphatic rings. The van der Waals surface area contributed by atoms with E-state index < -0.39 is 0 Å². The molecular formula is C12H18N2O2. The summed E-state index contributed by atoms with van der Waals surface area (Å²) in [4.78, 5) is 6.38. The number of morpholine rings is 1. The van der Waals surface area contributed by atoms with Crippen LogP contribution in [0.4, 0.5) is 0 Å². The zero-order chi connectivity index (χ0) is 11.2. The fourth-order valence-electron chi connectivity index (χ4n) is 1.97. The van der Waals surface area contributed by atoms with Crippen LogP contribution in [0.25, 0.3) is 0 Å². The second-order valence-corrected chi connectivity index (χ2v) is 4.06. The molecule has 88 valence electrons. The molecule has 1 aromatic heterocycles. The molecule has 16 heavy (non-hydrogen) atoms. The van der Waals surface area contributed by atoms with Crippen molar-refractivity contribution in [2.75, 3.05) is 32.9 Å². The third kappa shape index (κ3) is 3.01. The van der Waals surface area contributed by atoms with E-state index in [1.165, 1.54) is 5.56 Å². The van der Waals surface area contributed by atoms with Gasteiger partial charge in [0, 0.05) is 25.5 Å². The summed E-state index contributed by atoms with van der Waals surface area (Å²) >= 11 is 0. The molecule has 4 heteroatoms. The number of aliphatic hydroxyl groups excluding tert-OH is 1. The van der Waals surface area contributed by atoms with E-state index >= 15 is 0 Å². The van der Waals surface area contributed by atoms with Gasteiger partial charge in [0.1, 0.15) is 0 Å². The van der Waals surface area contributed by atoms with E-state index in [1.54, 1.807) is 6.20 Å². The fourth-order valence-corrected chi connectivity index (χ4v) is 1.97. The van der Waals surface area contributed by atoms with Crippen LogP contribution in [0.3, 0.4) is 0 Å². The second kappa shape index (κ2) is 5.94. The molecule has 1 fully saturated rings. The van der Waals surface area contributed by atoms with Crippen LogP contribution >= 0.6 is 0 Å². The predicted octanol–water partition coefficient (Wildman–Crippen LogP) is 0.317. The lowest BCUT2D eigenvalue weighted by Gasteiger charge is -2.34. The maximum absolute atomic E-state index is 9.22. The average molecular weight is 222 g/mol. The Labute approximate surface area is 95.9 Å². The Morgan fingerprint density at radius 1 is 1.56 bits per heavy atom. The Hall–Kier alpha value is -0.970. The van der Waals surface area contributed by atoms with Crippen LogP contribution in [0.5, 0.6) is 0 Å². The molecule has 0 aliphatic carbocycles. The van der Waals surface area contributed by atoms with Crippen molar-refractivity contribution in [3.05, 3.63) is 30.1 Å². The van der Waals surface area contributed by atoms with Gasteiger partial charge in [0.15, 0.2) is 0 Å². The van der Waals surface area contributed by atoms with Crippen molar-refractivity contribution in [3.63, 3.8) is 0 Å². The van der Waals surface area contributed by atoms with Crippen molar-refractivity contribution in [2.24, 2.45) is 0 Å². The Morgan fingerprint density at radius 3 is 3.25 bits per heavy atom. The van der Waals surface area contributed by atoms with Crippen LogP contribution in [-0.4, -0.2) is 53.9 Å². The molecule has 2 rings (SSSR count). The van der Waals surface area contributed by atoms with Gasteiger partial charge in [-0.25, -0.2) is 0 Å². The van der Waals surface area contributed by atoms with Gasteiger partial charge >= 0.3 is 0 Å². The molecule has 1 unspecified atom stereocenters. The Bertz CT molecular complexity index is 305. The number of aliphatic hydroxyl groups is 1. The molecule has 0 saturated carbocycles. The van der Waals surface area contributed by atoms with E-state index in [2.05, 4.69) is 16.0 Å². The Balaban J connectivity index is 1.84. The summed E-state index contributed by atoms with van der Waals surface area (Å²) in [6.45, 7) is 3.45. The minimum Gasteiger partial charge on any atom is -0.395 e. The summed E-state index contributed by atoms with van der Waals surface area (Å²) in [5.74, 6) is 0. The highest BCUT2D eigenvalue weighted by Crippen LogP contribution is 2.08. The number of hydrogen-bond donors (Lipinski definition) is 1. The van der Waals surface area contributed by atoms with E-state index in [4.69, 9.17) is 4.74 Å². The minimum atomic E-state index is 0.158.